The summed E-state index contributed by atoms with van der Waals surface area (Å²) < 4.78 is 0. The Morgan fingerprint density at radius 2 is 1.95 bits per heavy atom. The van der Waals surface area contributed by atoms with Crippen LogP contribution in [0.3, 0.4) is 0 Å². The number of primary amides is 1. The minimum atomic E-state index is -0.684. The number of amides is 2. The molecule has 19 heavy (non-hydrogen) atoms. The van der Waals surface area contributed by atoms with Gasteiger partial charge in [-0.1, -0.05) is 30.3 Å². The molecule has 102 valence electrons. The maximum absolute atomic E-state index is 12.3. The first-order chi connectivity index (χ1) is 8.94. The fourth-order valence-electron chi connectivity index (χ4n) is 2.35. The first kappa shape index (κ1) is 13.5. The molecule has 0 bridgehead atoms. The molecule has 5 heteroatoms. The van der Waals surface area contributed by atoms with Crippen molar-refractivity contribution in [3.8, 4) is 0 Å². The Hall–Kier alpha value is -1.88. The number of hydrogen-bond donors (Lipinski definition) is 2. The summed E-state index contributed by atoms with van der Waals surface area (Å²) in [6.07, 6.45) is 0.593. The van der Waals surface area contributed by atoms with Gasteiger partial charge in [-0.15, -0.1) is 0 Å². The summed E-state index contributed by atoms with van der Waals surface area (Å²) >= 11 is 0. The minimum Gasteiger partial charge on any atom is -0.369 e. The molecule has 1 saturated heterocycles. The van der Waals surface area contributed by atoms with Crippen LogP contribution in [0.25, 0.3) is 0 Å². The number of rotatable bonds is 3. The minimum absolute atomic E-state index is 0.156. The van der Waals surface area contributed by atoms with Crippen LogP contribution < -0.4 is 11.5 Å². The zero-order valence-corrected chi connectivity index (χ0v) is 11.0. The third-order valence-electron chi connectivity index (χ3n) is 3.80. The van der Waals surface area contributed by atoms with Crippen LogP contribution in [0.15, 0.2) is 30.3 Å². The predicted octanol–water partition coefficient (Wildman–Crippen LogP) is 0.410. The molecule has 1 aliphatic heterocycles. The van der Waals surface area contributed by atoms with Crippen molar-refractivity contribution in [3.63, 3.8) is 0 Å². The third kappa shape index (κ3) is 2.61. The molecule has 0 aromatic heterocycles. The van der Waals surface area contributed by atoms with Gasteiger partial charge in [0.2, 0.25) is 11.8 Å². The molecule has 5 nitrogen and oxygen atoms in total. The summed E-state index contributed by atoms with van der Waals surface area (Å²) in [7, 11) is 0. The number of hydrogen-bond acceptors (Lipinski definition) is 3. The van der Waals surface area contributed by atoms with E-state index < -0.39 is 11.5 Å². The molecule has 1 unspecified atom stereocenters. The van der Waals surface area contributed by atoms with E-state index in [-0.39, 0.29) is 11.8 Å². The number of nitrogens with zero attached hydrogens (tertiary/aromatic N) is 1. The topological polar surface area (TPSA) is 89.4 Å². The molecule has 0 spiro atoms. The normalized spacial score (nSPS) is 24.2. The van der Waals surface area contributed by atoms with Gasteiger partial charge in [-0.3, -0.25) is 9.59 Å². The fraction of sp³-hybridized carbons (Fsp3) is 0.429. The zero-order chi connectivity index (χ0) is 14.0. The van der Waals surface area contributed by atoms with Crippen LogP contribution >= 0.6 is 0 Å². The van der Waals surface area contributed by atoms with E-state index in [9.17, 15) is 9.59 Å². The Balaban J connectivity index is 2.08. The molecule has 1 heterocycles. The van der Waals surface area contributed by atoms with Crippen molar-refractivity contribution in [1.82, 2.24) is 4.90 Å². The summed E-state index contributed by atoms with van der Waals surface area (Å²) in [5.41, 5.74) is 11.5. The average molecular weight is 261 g/mol. The lowest BCUT2D eigenvalue weighted by Crippen LogP contribution is -2.41. The summed E-state index contributed by atoms with van der Waals surface area (Å²) in [6.45, 7) is 2.66. The van der Waals surface area contributed by atoms with E-state index in [4.69, 9.17) is 11.5 Å². The lowest BCUT2D eigenvalue weighted by atomic mass is 9.89. The van der Waals surface area contributed by atoms with Crippen molar-refractivity contribution in [2.45, 2.75) is 19.4 Å². The summed E-state index contributed by atoms with van der Waals surface area (Å²) in [5, 5.41) is 0. The smallest absolute Gasteiger partial charge is 0.244 e. The highest BCUT2D eigenvalue weighted by molar-refractivity contribution is 5.86. The van der Waals surface area contributed by atoms with Crippen molar-refractivity contribution in [3.05, 3.63) is 35.9 Å². The highest BCUT2D eigenvalue weighted by atomic mass is 16.2. The first-order valence-corrected chi connectivity index (χ1v) is 6.33. The van der Waals surface area contributed by atoms with E-state index in [0.717, 1.165) is 5.56 Å². The van der Waals surface area contributed by atoms with Crippen LogP contribution in [0.1, 0.15) is 24.9 Å². The van der Waals surface area contributed by atoms with Gasteiger partial charge in [0.1, 0.15) is 6.04 Å². The monoisotopic (exact) mass is 261 g/mol. The summed E-state index contributed by atoms with van der Waals surface area (Å²) in [5.74, 6) is -0.521. The number of likely N-dealkylation sites (tertiary alicyclic amines) is 1. The van der Waals surface area contributed by atoms with E-state index in [2.05, 4.69) is 0 Å². The van der Waals surface area contributed by atoms with Gasteiger partial charge in [-0.25, -0.2) is 0 Å². The molecule has 1 aromatic carbocycles. The largest absolute Gasteiger partial charge is 0.369 e. The average Bonchev–Trinajstić information content (AvgIpc) is 2.82. The molecule has 2 atom stereocenters. The van der Waals surface area contributed by atoms with Crippen LogP contribution in [0.5, 0.6) is 0 Å². The maximum atomic E-state index is 12.3. The number of carbonyl (C=O) groups is 2. The molecule has 1 fully saturated rings. The van der Waals surface area contributed by atoms with Gasteiger partial charge in [0, 0.05) is 13.1 Å². The van der Waals surface area contributed by atoms with Gasteiger partial charge in [-0.2, -0.15) is 0 Å². The van der Waals surface area contributed by atoms with Crippen molar-refractivity contribution in [1.29, 1.82) is 0 Å². The Labute approximate surface area is 112 Å². The van der Waals surface area contributed by atoms with Gasteiger partial charge >= 0.3 is 0 Å². The van der Waals surface area contributed by atoms with Gasteiger partial charge in [-0.05, 0) is 18.9 Å². The molecular formula is C14H19N3O2. The van der Waals surface area contributed by atoms with Crippen molar-refractivity contribution in [2.75, 3.05) is 13.1 Å². The van der Waals surface area contributed by atoms with Gasteiger partial charge in [0.05, 0.1) is 5.41 Å². The number of benzene rings is 1. The summed E-state index contributed by atoms with van der Waals surface area (Å²) in [4.78, 5) is 25.3. The first-order valence-electron chi connectivity index (χ1n) is 6.33. The van der Waals surface area contributed by atoms with Gasteiger partial charge < -0.3 is 16.4 Å². The quantitative estimate of drug-likeness (QED) is 0.825. The Bertz CT molecular complexity index is 489. The van der Waals surface area contributed by atoms with Gasteiger partial charge in [0.15, 0.2) is 0 Å². The molecule has 0 saturated carbocycles. The molecule has 0 radical (unpaired) electrons. The molecule has 2 rings (SSSR count). The predicted molar refractivity (Wildman–Crippen MR) is 71.9 cm³/mol. The van der Waals surface area contributed by atoms with E-state index in [1.165, 1.54) is 0 Å². The number of carbonyl (C=O) groups excluding carboxylic acids is 2. The van der Waals surface area contributed by atoms with Crippen molar-refractivity contribution >= 4 is 11.8 Å². The standard InChI is InChI=1S/C14H19N3O2/c1-14(13(16)19)7-8-17(9-14)12(18)11(15)10-5-3-2-4-6-10/h2-6,11H,7-9,15H2,1H3,(H2,16,19)/t11-,14?/m1/s1. The Kier molecular flexibility index (Phi) is 3.57. The fourth-order valence-corrected chi connectivity index (χ4v) is 2.35. The number of nitrogens with two attached hydrogens (primary N) is 2. The van der Waals surface area contributed by atoms with Crippen LogP contribution in [0.2, 0.25) is 0 Å². The van der Waals surface area contributed by atoms with Crippen molar-refractivity contribution in [2.24, 2.45) is 16.9 Å². The second-order valence-electron chi connectivity index (χ2n) is 5.32. The molecular weight excluding hydrogens is 242 g/mol. The summed E-state index contributed by atoms with van der Waals surface area (Å²) in [6, 6.07) is 8.54. The van der Waals surface area contributed by atoms with E-state index in [0.29, 0.717) is 19.5 Å². The van der Waals surface area contributed by atoms with Crippen LogP contribution in [0.4, 0.5) is 0 Å². The molecule has 0 aliphatic carbocycles. The van der Waals surface area contributed by atoms with Crippen LogP contribution in [0, 0.1) is 5.41 Å². The third-order valence-corrected chi connectivity index (χ3v) is 3.80. The Morgan fingerprint density at radius 1 is 1.32 bits per heavy atom. The highest BCUT2D eigenvalue weighted by Crippen LogP contribution is 2.30. The molecule has 2 amide bonds. The molecule has 1 aromatic rings. The van der Waals surface area contributed by atoms with Gasteiger partial charge in [0.25, 0.3) is 0 Å². The molecule has 4 N–H and O–H groups in total. The zero-order valence-electron chi connectivity index (χ0n) is 11.0. The highest BCUT2D eigenvalue weighted by Gasteiger charge is 2.41. The molecule has 1 aliphatic rings. The van der Waals surface area contributed by atoms with E-state index in [1.54, 1.807) is 11.8 Å². The lowest BCUT2D eigenvalue weighted by molar-refractivity contribution is -0.133. The van der Waals surface area contributed by atoms with E-state index >= 15 is 0 Å². The SMILES string of the molecule is CC1(C(N)=O)CCN(C(=O)[C@H](N)c2ccccc2)C1. The van der Waals surface area contributed by atoms with Crippen molar-refractivity contribution < 1.29 is 9.59 Å². The lowest BCUT2D eigenvalue weighted by Gasteiger charge is -2.23. The second kappa shape index (κ2) is 5.01. The van der Waals surface area contributed by atoms with E-state index in [1.807, 2.05) is 30.3 Å². The maximum Gasteiger partial charge on any atom is 0.244 e. The van der Waals surface area contributed by atoms with Crippen LogP contribution in [-0.2, 0) is 9.59 Å². The van der Waals surface area contributed by atoms with Crippen LogP contribution in [-0.4, -0.2) is 29.8 Å². The Morgan fingerprint density at radius 3 is 2.47 bits per heavy atom. The second-order valence-corrected chi connectivity index (χ2v) is 5.32.